The number of aliphatic hydroxyl groups excluding tert-OH is 1. The van der Waals surface area contributed by atoms with Crippen molar-refractivity contribution in [2.45, 2.75) is 31.7 Å². The maximum absolute atomic E-state index is 11.0. The average Bonchev–Trinajstić information content (AvgIpc) is 2.51. The molecule has 3 atom stereocenters. The smallest absolute Gasteiger partial charge is 0.235 e. The van der Waals surface area contributed by atoms with E-state index in [2.05, 4.69) is 30.2 Å². The highest BCUT2D eigenvalue weighted by Crippen LogP contribution is 2.13. The van der Waals surface area contributed by atoms with E-state index in [0.29, 0.717) is 11.8 Å². The van der Waals surface area contributed by atoms with Crippen molar-refractivity contribution in [3.8, 4) is 5.75 Å². The third-order valence-electron chi connectivity index (χ3n) is 3.29. The van der Waals surface area contributed by atoms with Gasteiger partial charge in [-0.05, 0) is 38.1 Å². The predicted octanol–water partition coefficient (Wildman–Crippen LogP) is -0.0925. The van der Waals surface area contributed by atoms with Crippen LogP contribution in [0.2, 0.25) is 0 Å². The van der Waals surface area contributed by atoms with E-state index in [9.17, 15) is 9.90 Å². The van der Waals surface area contributed by atoms with Crippen LogP contribution in [-0.4, -0.2) is 48.7 Å². The van der Waals surface area contributed by atoms with Crippen LogP contribution in [0.5, 0.6) is 5.75 Å². The molecule has 0 heterocycles. The number of aliphatic hydroxyl groups is 1. The first kappa shape index (κ1) is 18.8. The van der Waals surface area contributed by atoms with E-state index in [4.69, 9.17) is 10.5 Å². The minimum absolute atomic E-state index is 0.0177. The van der Waals surface area contributed by atoms with Gasteiger partial charge in [0.2, 0.25) is 5.91 Å². The molecule has 0 bridgehead atoms. The molecular weight excluding hydrogens is 302 g/mol. The molecule has 22 heavy (non-hydrogen) atoms. The van der Waals surface area contributed by atoms with Gasteiger partial charge in [0.25, 0.3) is 0 Å². The number of hydrogen-bond donors (Lipinski definition) is 5. The average molecular weight is 327 g/mol. The van der Waals surface area contributed by atoms with Crippen molar-refractivity contribution in [2.24, 2.45) is 5.73 Å². The van der Waals surface area contributed by atoms with Crippen LogP contribution in [0.4, 0.5) is 0 Å². The van der Waals surface area contributed by atoms with Gasteiger partial charge in [0, 0.05) is 11.8 Å². The predicted molar refractivity (Wildman–Crippen MR) is 90.1 cm³/mol. The van der Waals surface area contributed by atoms with Crippen molar-refractivity contribution in [2.75, 3.05) is 19.4 Å². The highest BCUT2D eigenvalue weighted by Gasteiger charge is 2.17. The third-order valence-corrected chi connectivity index (χ3v) is 3.65. The van der Waals surface area contributed by atoms with Gasteiger partial charge in [0.15, 0.2) is 0 Å². The van der Waals surface area contributed by atoms with Crippen LogP contribution in [-0.2, 0) is 11.2 Å². The third kappa shape index (κ3) is 6.65. The Hall–Kier alpha value is -1.28. The zero-order chi connectivity index (χ0) is 16.5. The van der Waals surface area contributed by atoms with Crippen molar-refractivity contribution in [1.29, 1.82) is 0 Å². The lowest BCUT2D eigenvalue weighted by Gasteiger charge is -2.19. The SMILES string of the molecule is CN[C@@H](C)Cc1ccc(OCC(O)N[C@@H](CS)C(N)=O)cc1. The summed E-state index contributed by atoms with van der Waals surface area (Å²) in [7, 11) is 1.93. The van der Waals surface area contributed by atoms with Crippen molar-refractivity contribution < 1.29 is 14.6 Å². The van der Waals surface area contributed by atoms with Crippen molar-refractivity contribution >= 4 is 18.5 Å². The highest BCUT2D eigenvalue weighted by molar-refractivity contribution is 7.80. The first-order chi connectivity index (χ1) is 10.5. The van der Waals surface area contributed by atoms with Gasteiger partial charge in [-0.3, -0.25) is 10.1 Å². The summed E-state index contributed by atoms with van der Waals surface area (Å²) in [6, 6.07) is 7.41. The Morgan fingerprint density at radius 1 is 1.41 bits per heavy atom. The number of hydrogen-bond acceptors (Lipinski definition) is 6. The molecule has 0 aromatic heterocycles. The Morgan fingerprint density at radius 3 is 2.55 bits per heavy atom. The zero-order valence-corrected chi connectivity index (χ0v) is 13.8. The number of nitrogens with two attached hydrogens (primary N) is 1. The molecule has 1 aromatic rings. The summed E-state index contributed by atoms with van der Waals surface area (Å²) >= 11 is 3.99. The summed E-state index contributed by atoms with van der Waals surface area (Å²) in [6.45, 7) is 2.13. The van der Waals surface area contributed by atoms with Crippen LogP contribution in [0.15, 0.2) is 24.3 Å². The molecule has 0 saturated carbocycles. The summed E-state index contributed by atoms with van der Waals surface area (Å²) in [6.07, 6.45) is -0.0583. The largest absolute Gasteiger partial charge is 0.489 e. The van der Waals surface area contributed by atoms with Gasteiger partial charge in [-0.15, -0.1) is 0 Å². The molecule has 1 amide bonds. The lowest BCUT2D eigenvalue weighted by molar-refractivity contribution is -0.120. The Labute approximate surface area is 136 Å². The van der Waals surface area contributed by atoms with Crippen LogP contribution >= 0.6 is 12.6 Å². The summed E-state index contributed by atoms with van der Waals surface area (Å²) in [4.78, 5) is 11.0. The topological polar surface area (TPSA) is 96.6 Å². The van der Waals surface area contributed by atoms with Crippen molar-refractivity contribution in [3.05, 3.63) is 29.8 Å². The molecule has 0 spiro atoms. The molecule has 0 aliphatic rings. The van der Waals surface area contributed by atoms with E-state index in [0.717, 1.165) is 6.42 Å². The van der Waals surface area contributed by atoms with Crippen LogP contribution in [0.1, 0.15) is 12.5 Å². The van der Waals surface area contributed by atoms with Gasteiger partial charge in [-0.2, -0.15) is 12.6 Å². The molecule has 5 N–H and O–H groups in total. The van der Waals surface area contributed by atoms with Crippen molar-refractivity contribution in [3.63, 3.8) is 0 Å². The molecule has 7 heteroatoms. The molecular formula is C15H25N3O3S. The fraction of sp³-hybridized carbons (Fsp3) is 0.533. The van der Waals surface area contributed by atoms with Gasteiger partial charge < -0.3 is 20.9 Å². The molecule has 0 aliphatic carbocycles. The number of primary amides is 1. The van der Waals surface area contributed by atoms with Gasteiger partial charge in [0.1, 0.15) is 18.6 Å². The number of thiol groups is 1. The molecule has 0 aliphatic heterocycles. The van der Waals surface area contributed by atoms with Crippen molar-refractivity contribution in [1.82, 2.24) is 10.6 Å². The first-order valence-corrected chi connectivity index (χ1v) is 7.82. The van der Waals surface area contributed by atoms with E-state index in [1.807, 2.05) is 31.3 Å². The second-order valence-corrected chi connectivity index (χ2v) is 5.53. The van der Waals surface area contributed by atoms with Crippen LogP contribution in [0.3, 0.4) is 0 Å². The fourth-order valence-corrected chi connectivity index (χ4v) is 2.14. The van der Waals surface area contributed by atoms with E-state index in [-0.39, 0.29) is 12.4 Å². The molecule has 6 nitrogen and oxygen atoms in total. The maximum Gasteiger partial charge on any atom is 0.235 e. The fourth-order valence-electron chi connectivity index (χ4n) is 1.86. The molecule has 1 unspecified atom stereocenters. The molecule has 0 fully saturated rings. The summed E-state index contributed by atoms with van der Waals surface area (Å²) in [5, 5.41) is 15.6. The minimum Gasteiger partial charge on any atom is -0.489 e. The lowest BCUT2D eigenvalue weighted by Crippen LogP contribution is -2.49. The normalized spacial score (nSPS) is 15.1. The second kappa shape index (κ2) is 9.68. The van der Waals surface area contributed by atoms with E-state index < -0.39 is 18.2 Å². The van der Waals surface area contributed by atoms with E-state index >= 15 is 0 Å². The minimum atomic E-state index is -0.992. The molecule has 1 rings (SSSR count). The number of likely N-dealkylation sites (N-methyl/N-ethyl adjacent to an activating group) is 1. The highest BCUT2D eigenvalue weighted by atomic mass is 32.1. The Bertz CT molecular complexity index is 456. The molecule has 0 radical (unpaired) electrons. The van der Waals surface area contributed by atoms with Crippen LogP contribution < -0.4 is 21.1 Å². The van der Waals surface area contributed by atoms with Gasteiger partial charge in [-0.25, -0.2) is 0 Å². The molecule has 0 saturated heterocycles. The quantitative estimate of drug-likeness (QED) is 0.306. The number of rotatable bonds is 10. The van der Waals surface area contributed by atoms with Gasteiger partial charge in [-0.1, -0.05) is 12.1 Å². The van der Waals surface area contributed by atoms with E-state index in [1.165, 1.54) is 5.56 Å². The van der Waals surface area contributed by atoms with Crippen LogP contribution in [0, 0.1) is 0 Å². The number of carbonyl (C=O) groups is 1. The Morgan fingerprint density at radius 2 is 2.05 bits per heavy atom. The molecule has 124 valence electrons. The van der Waals surface area contributed by atoms with E-state index in [1.54, 1.807) is 0 Å². The zero-order valence-electron chi connectivity index (χ0n) is 13.0. The Kier molecular flexibility index (Phi) is 8.26. The molecule has 1 aromatic carbocycles. The van der Waals surface area contributed by atoms with Gasteiger partial charge in [0.05, 0.1) is 6.04 Å². The second-order valence-electron chi connectivity index (χ2n) is 5.17. The number of nitrogens with one attached hydrogen (secondary N) is 2. The standard InChI is InChI=1S/C15H25N3O3S/c1-10(17-2)7-11-3-5-12(6-4-11)21-8-14(19)18-13(9-22)15(16)20/h3-6,10,13-14,17-19,22H,7-9H2,1-2H3,(H2,16,20)/t10-,13-,14?/m0/s1. The number of carbonyl (C=O) groups excluding carboxylic acids is 1. The monoisotopic (exact) mass is 327 g/mol. The maximum atomic E-state index is 11.0. The van der Waals surface area contributed by atoms with Gasteiger partial charge >= 0.3 is 0 Å². The summed E-state index contributed by atoms with van der Waals surface area (Å²) in [5.41, 5.74) is 6.37. The lowest BCUT2D eigenvalue weighted by atomic mass is 10.1. The number of amides is 1. The van der Waals surface area contributed by atoms with Crippen LogP contribution in [0.25, 0.3) is 0 Å². The Balaban J connectivity index is 2.42. The summed E-state index contributed by atoms with van der Waals surface area (Å²) < 4.78 is 5.47. The summed E-state index contributed by atoms with van der Waals surface area (Å²) in [5.74, 6) is 0.311. The first-order valence-electron chi connectivity index (χ1n) is 7.19. The number of ether oxygens (including phenoxy) is 1. The number of benzene rings is 1.